The van der Waals surface area contributed by atoms with Gasteiger partial charge in [0.15, 0.2) is 0 Å². The summed E-state index contributed by atoms with van der Waals surface area (Å²) >= 11 is 0. The molecule has 0 bridgehead atoms. The average Bonchev–Trinajstić information content (AvgIpc) is 2.66. The van der Waals surface area contributed by atoms with Crippen LogP contribution in [0.15, 0.2) is 0 Å². The normalized spacial score (nSPS) is 21.9. The summed E-state index contributed by atoms with van der Waals surface area (Å²) < 4.78 is 87.3. The first-order valence-electron chi connectivity index (χ1n) is 5.09. The molecule has 1 rings (SSSR count). The van der Waals surface area contributed by atoms with Gasteiger partial charge in [-0.25, -0.2) is 0 Å². The van der Waals surface area contributed by atoms with Gasteiger partial charge in [-0.2, -0.15) is 30.7 Å². The summed E-state index contributed by atoms with van der Waals surface area (Å²) in [6.07, 6.45) is -4.94. The molecule has 0 heterocycles. The fourth-order valence-corrected chi connectivity index (χ4v) is 2.01. The zero-order chi connectivity index (χ0) is 13.5. The molecular formula is C9H12F7N. The molecule has 1 nitrogen and oxygen atoms in total. The van der Waals surface area contributed by atoms with E-state index in [9.17, 15) is 30.7 Å². The highest BCUT2D eigenvalue weighted by Crippen LogP contribution is 2.50. The zero-order valence-corrected chi connectivity index (χ0v) is 8.71. The van der Waals surface area contributed by atoms with Gasteiger partial charge in [-0.1, -0.05) is 12.8 Å². The second-order valence-corrected chi connectivity index (χ2v) is 4.27. The molecule has 0 spiro atoms. The third-order valence-electron chi connectivity index (χ3n) is 3.10. The summed E-state index contributed by atoms with van der Waals surface area (Å²) in [5.74, 6) is -12.4. The molecule has 0 saturated heterocycles. The second-order valence-electron chi connectivity index (χ2n) is 4.27. The lowest BCUT2D eigenvalue weighted by atomic mass is 9.90. The molecule has 1 aliphatic rings. The molecule has 1 fully saturated rings. The Morgan fingerprint density at radius 2 is 1.29 bits per heavy atom. The largest absolute Gasteiger partial charge is 0.459 e. The minimum absolute atomic E-state index is 0.157. The minimum atomic E-state index is -6.30. The molecule has 0 aromatic rings. The van der Waals surface area contributed by atoms with Gasteiger partial charge in [0.25, 0.3) is 0 Å². The Morgan fingerprint density at radius 1 is 0.882 bits per heavy atom. The van der Waals surface area contributed by atoms with Gasteiger partial charge >= 0.3 is 18.0 Å². The monoisotopic (exact) mass is 267 g/mol. The van der Waals surface area contributed by atoms with E-state index < -0.39 is 30.0 Å². The predicted molar refractivity (Wildman–Crippen MR) is 45.9 cm³/mol. The number of alkyl halides is 7. The van der Waals surface area contributed by atoms with Crippen molar-refractivity contribution in [3.63, 3.8) is 0 Å². The standard InChI is InChI=1S/C9H12F7N/c10-7(11,8(12,13)9(14,15)16)6(17)5-3-1-2-4-5/h5-6H,1-4,17H2/t6-/m0/s1. The fraction of sp³-hybridized carbons (Fsp3) is 1.00. The summed E-state index contributed by atoms with van der Waals surface area (Å²) in [6, 6.07) is -2.47. The molecule has 0 aliphatic heterocycles. The molecule has 0 amide bonds. The summed E-state index contributed by atoms with van der Waals surface area (Å²) in [4.78, 5) is 0. The van der Waals surface area contributed by atoms with Crippen molar-refractivity contribution in [2.75, 3.05) is 0 Å². The SMILES string of the molecule is N[C@@H](C1CCCC1)C(F)(F)C(F)(F)C(F)(F)F. The molecule has 8 heteroatoms. The van der Waals surface area contributed by atoms with E-state index in [1.54, 1.807) is 0 Å². The number of hydrogen-bond acceptors (Lipinski definition) is 1. The van der Waals surface area contributed by atoms with E-state index in [1.807, 2.05) is 0 Å². The number of halogens is 7. The first-order valence-corrected chi connectivity index (χ1v) is 5.09. The van der Waals surface area contributed by atoms with E-state index in [0.717, 1.165) is 0 Å². The number of hydrogen-bond donors (Lipinski definition) is 1. The maximum atomic E-state index is 13.1. The van der Waals surface area contributed by atoms with Gasteiger partial charge in [0.1, 0.15) is 0 Å². The summed E-state index contributed by atoms with van der Waals surface area (Å²) in [6.45, 7) is 0. The summed E-state index contributed by atoms with van der Waals surface area (Å²) in [7, 11) is 0. The Labute approximate surface area is 93.2 Å². The van der Waals surface area contributed by atoms with Crippen molar-refractivity contribution in [2.24, 2.45) is 11.7 Å². The first kappa shape index (κ1) is 14.5. The van der Waals surface area contributed by atoms with Crippen LogP contribution in [0.25, 0.3) is 0 Å². The van der Waals surface area contributed by atoms with Gasteiger partial charge in [-0.05, 0) is 18.8 Å². The maximum absolute atomic E-state index is 13.1. The highest BCUT2D eigenvalue weighted by Gasteiger charge is 2.75. The van der Waals surface area contributed by atoms with Crippen LogP contribution in [0, 0.1) is 5.92 Å². The number of nitrogens with two attached hydrogens (primary N) is 1. The maximum Gasteiger partial charge on any atom is 0.459 e. The van der Waals surface area contributed by atoms with Crippen LogP contribution < -0.4 is 5.73 Å². The van der Waals surface area contributed by atoms with Crippen LogP contribution in [0.2, 0.25) is 0 Å². The van der Waals surface area contributed by atoms with Crippen LogP contribution in [0.1, 0.15) is 25.7 Å². The molecule has 102 valence electrons. The lowest BCUT2D eigenvalue weighted by Crippen LogP contribution is -2.62. The van der Waals surface area contributed by atoms with E-state index in [-0.39, 0.29) is 12.8 Å². The molecule has 0 unspecified atom stereocenters. The molecule has 17 heavy (non-hydrogen) atoms. The van der Waals surface area contributed by atoms with Crippen molar-refractivity contribution < 1.29 is 30.7 Å². The third kappa shape index (κ3) is 2.36. The van der Waals surface area contributed by atoms with Crippen molar-refractivity contribution >= 4 is 0 Å². The Kier molecular flexibility index (Phi) is 3.67. The summed E-state index contributed by atoms with van der Waals surface area (Å²) in [5.41, 5.74) is 4.91. The Hall–Kier alpha value is -0.530. The molecule has 0 aromatic carbocycles. The van der Waals surface area contributed by atoms with E-state index in [0.29, 0.717) is 12.8 Å². The van der Waals surface area contributed by atoms with Gasteiger partial charge in [0, 0.05) is 0 Å². The highest BCUT2D eigenvalue weighted by molar-refractivity contribution is 5.00. The van der Waals surface area contributed by atoms with Crippen molar-refractivity contribution in [3.05, 3.63) is 0 Å². The van der Waals surface area contributed by atoms with Crippen molar-refractivity contribution in [1.82, 2.24) is 0 Å². The van der Waals surface area contributed by atoms with Crippen LogP contribution in [0.4, 0.5) is 30.7 Å². The van der Waals surface area contributed by atoms with Gasteiger partial charge in [-0.15, -0.1) is 0 Å². The molecule has 2 N–H and O–H groups in total. The van der Waals surface area contributed by atoms with Crippen molar-refractivity contribution in [1.29, 1.82) is 0 Å². The van der Waals surface area contributed by atoms with Crippen LogP contribution in [0.3, 0.4) is 0 Å². The lowest BCUT2D eigenvalue weighted by Gasteiger charge is -2.34. The highest BCUT2D eigenvalue weighted by atomic mass is 19.4. The molecule has 1 atom stereocenters. The lowest BCUT2D eigenvalue weighted by molar-refractivity contribution is -0.360. The zero-order valence-electron chi connectivity index (χ0n) is 8.71. The minimum Gasteiger partial charge on any atom is -0.322 e. The van der Waals surface area contributed by atoms with Gasteiger partial charge < -0.3 is 5.73 Å². The average molecular weight is 267 g/mol. The topological polar surface area (TPSA) is 26.0 Å². The Bertz CT molecular complexity index is 267. The Balaban J connectivity index is 2.92. The smallest absolute Gasteiger partial charge is 0.322 e. The van der Waals surface area contributed by atoms with Crippen LogP contribution in [-0.2, 0) is 0 Å². The third-order valence-corrected chi connectivity index (χ3v) is 3.10. The molecular weight excluding hydrogens is 255 g/mol. The van der Waals surface area contributed by atoms with Crippen molar-refractivity contribution in [2.45, 2.75) is 49.7 Å². The fourth-order valence-electron chi connectivity index (χ4n) is 2.01. The van der Waals surface area contributed by atoms with Gasteiger partial charge in [0.2, 0.25) is 0 Å². The van der Waals surface area contributed by atoms with Gasteiger partial charge in [-0.3, -0.25) is 0 Å². The van der Waals surface area contributed by atoms with E-state index >= 15 is 0 Å². The molecule has 1 aliphatic carbocycles. The first-order chi connectivity index (χ1) is 7.52. The quantitative estimate of drug-likeness (QED) is 0.780. The van der Waals surface area contributed by atoms with E-state index in [1.165, 1.54) is 0 Å². The molecule has 0 radical (unpaired) electrons. The molecule has 1 saturated carbocycles. The number of rotatable bonds is 3. The van der Waals surface area contributed by atoms with Crippen LogP contribution in [-0.4, -0.2) is 24.1 Å². The second kappa shape index (κ2) is 4.29. The van der Waals surface area contributed by atoms with Gasteiger partial charge in [0.05, 0.1) is 6.04 Å². The van der Waals surface area contributed by atoms with Crippen LogP contribution >= 0.6 is 0 Å². The summed E-state index contributed by atoms with van der Waals surface area (Å²) in [5, 5.41) is 0. The van der Waals surface area contributed by atoms with Crippen molar-refractivity contribution in [3.8, 4) is 0 Å². The Morgan fingerprint density at radius 3 is 1.65 bits per heavy atom. The van der Waals surface area contributed by atoms with E-state index in [2.05, 4.69) is 0 Å². The van der Waals surface area contributed by atoms with Crippen LogP contribution in [0.5, 0.6) is 0 Å². The van der Waals surface area contributed by atoms with E-state index in [4.69, 9.17) is 5.73 Å². The molecule has 0 aromatic heterocycles. The predicted octanol–water partition coefficient (Wildman–Crippen LogP) is 3.34.